The number of amides is 1. The quantitative estimate of drug-likeness (QED) is 0.722. The van der Waals surface area contributed by atoms with E-state index in [0.717, 1.165) is 0 Å². The van der Waals surface area contributed by atoms with Gasteiger partial charge in [-0.05, 0) is 36.4 Å². The van der Waals surface area contributed by atoms with Crippen LogP contribution in [-0.4, -0.2) is 13.0 Å². The SMILES string of the molecule is COc1ccc(C(=O)Nc2cccc(Oc3ccccc3)c2)c(F)c1. The van der Waals surface area contributed by atoms with E-state index in [1.54, 1.807) is 24.3 Å². The number of carbonyl (C=O) groups excluding carboxylic acids is 1. The van der Waals surface area contributed by atoms with Crippen LogP contribution in [0.1, 0.15) is 10.4 Å². The molecular formula is C20H16FNO3. The van der Waals surface area contributed by atoms with Gasteiger partial charge in [0.15, 0.2) is 0 Å². The highest BCUT2D eigenvalue weighted by atomic mass is 19.1. The van der Waals surface area contributed by atoms with Crippen LogP contribution in [0.15, 0.2) is 72.8 Å². The molecular weight excluding hydrogens is 321 g/mol. The zero-order chi connectivity index (χ0) is 17.6. The van der Waals surface area contributed by atoms with E-state index in [9.17, 15) is 9.18 Å². The predicted octanol–water partition coefficient (Wildman–Crippen LogP) is 4.88. The van der Waals surface area contributed by atoms with Crippen LogP contribution in [0.2, 0.25) is 0 Å². The Labute approximate surface area is 144 Å². The Balaban J connectivity index is 1.74. The number of hydrogen-bond donors (Lipinski definition) is 1. The van der Waals surface area contributed by atoms with Gasteiger partial charge in [-0.1, -0.05) is 24.3 Å². The van der Waals surface area contributed by atoms with Crippen LogP contribution in [0, 0.1) is 5.82 Å². The number of rotatable bonds is 5. The third kappa shape index (κ3) is 4.14. The molecule has 0 radical (unpaired) electrons. The fourth-order valence-corrected chi connectivity index (χ4v) is 2.27. The molecule has 1 amide bonds. The molecule has 3 aromatic rings. The summed E-state index contributed by atoms with van der Waals surface area (Å²) in [5.74, 6) is 0.421. The summed E-state index contributed by atoms with van der Waals surface area (Å²) in [6.07, 6.45) is 0. The Morgan fingerprint density at radius 2 is 1.64 bits per heavy atom. The van der Waals surface area contributed by atoms with Crippen molar-refractivity contribution in [3.05, 3.63) is 84.2 Å². The lowest BCUT2D eigenvalue weighted by Gasteiger charge is -2.10. The lowest BCUT2D eigenvalue weighted by molar-refractivity contribution is 0.102. The number of anilines is 1. The number of para-hydroxylation sites is 1. The molecule has 0 fully saturated rings. The monoisotopic (exact) mass is 337 g/mol. The number of nitrogens with one attached hydrogen (secondary N) is 1. The number of hydrogen-bond acceptors (Lipinski definition) is 3. The number of benzene rings is 3. The number of ether oxygens (including phenoxy) is 2. The molecule has 1 N–H and O–H groups in total. The van der Waals surface area contributed by atoms with Crippen molar-refractivity contribution in [3.8, 4) is 17.2 Å². The molecule has 0 spiro atoms. The van der Waals surface area contributed by atoms with Crippen molar-refractivity contribution in [2.75, 3.05) is 12.4 Å². The first kappa shape index (κ1) is 16.5. The van der Waals surface area contributed by atoms with E-state index in [0.29, 0.717) is 22.9 Å². The Morgan fingerprint density at radius 1 is 0.880 bits per heavy atom. The smallest absolute Gasteiger partial charge is 0.258 e. The Kier molecular flexibility index (Phi) is 4.95. The van der Waals surface area contributed by atoms with Crippen molar-refractivity contribution in [1.29, 1.82) is 0 Å². The highest BCUT2D eigenvalue weighted by Crippen LogP contribution is 2.24. The molecule has 4 nitrogen and oxygen atoms in total. The van der Waals surface area contributed by atoms with E-state index in [4.69, 9.17) is 9.47 Å². The summed E-state index contributed by atoms with van der Waals surface area (Å²) < 4.78 is 24.6. The normalized spacial score (nSPS) is 10.2. The van der Waals surface area contributed by atoms with E-state index in [1.807, 2.05) is 30.3 Å². The molecule has 126 valence electrons. The zero-order valence-corrected chi connectivity index (χ0v) is 13.5. The van der Waals surface area contributed by atoms with Gasteiger partial charge in [-0.3, -0.25) is 4.79 Å². The van der Waals surface area contributed by atoms with E-state index in [-0.39, 0.29) is 5.56 Å². The van der Waals surface area contributed by atoms with Crippen LogP contribution in [0.3, 0.4) is 0 Å². The second-order valence-corrected chi connectivity index (χ2v) is 5.24. The van der Waals surface area contributed by atoms with Gasteiger partial charge in [-0.2, -0.15) is 0 Å². The van der Waals surface area contributed by atoms with Gasteiger partial charge in [0, 0.05) is 17.8 Å². The fraction of sp³-hybridized carbons (Fsp3) is 0.0500. The number of carbonyl (C=O) groups is 1. The van der Waals surface area contributed by atoms with Crippen molar-refractivity contribution >= 4 is 11.6 Å². The van der Waals surface area contributed by atoms with Gasteiger partial charge < -0.3 is 14.8 Å². The minimum absolute atomic E-state index is 0.0600. The molecule has 0 aliphatic carbocycles. The van der Waals surface area contributed by atoms with Crippen LogP contribution >= 0.6 is 0 Å². The van der Waals surface area contributed by atoms with Crippen molar-refractivity contribution < 1.29 is 18.7 Å². The average Bonchev–Trinajstić information content (AvgIpc) is 2.62. The van der Waals surface area contributed by atoms with E-state index in [2.05, 4.69) is 5.32 Å². The summed E-state index contributed by atoms with van der Waals surface area (Å²) in [6, 6.07) is 20.3. The minimum atomic E-state index is -0.645. The van der Waals surface area contributed by atoms with Crippen LogP contribution in [0.4, 0.5) is 10.1 Å². The van der Waals surface area contributed by atoms with Gasteiger partial charge in [0.05, 0.1) is 12.7 Å². The van der Waals surface area contributed by atoms with E-state index >= 15 is 0 Å². The largest absolute Gasteiger partial charge is 0.497 e. The predicted molar refractivity (Wildman–Crippen MR) is 93.9 cm³/mol. The lowest BCUT2D eigenvalue weighted by Crippen LogP contribution is -2.13. The third-order valence-corrected chi connectivity index (χ3v) is 3.49. The number of halogens is 1. The Bertz CT molecular complexity index is 881. The highest BCUT2D eigenvalue weighted by Gasteiger charge is 2.13. The van der Waals surface area contributed by atoms with Crippen LogP contribution < -0.4 is 14.8 Å². The van der Waals surface area contributed by atoms with Crippen molar-refractivity contribution in [3.63, 3.8) is 0 Å². The van der Waals surface area contributed by atoms with E-state index in [1.165, 1.54) is 25.3 Å². The number of methoxy groups -OCH3 is 1. The van der Waals surface area contributed by atoms with Gasteiger partial charge in [0.2, 0.25) is 0 Å². The second-order valence-electron chi connectivity index (χ2n) is 5.24. The molecule has 5 heteroatoms. The van der Waals surface area contributed by atoms with Gasteiger partial charge in [-0.15, -0.1) is 0 Å². The average molecular weight is 337 g/mol. The maximum Gasteiger partial charge on any atom is 0.258 e. The highest BCUT2D eigenvalue weighted by molar-refractivity contribution is 6.04. The molecule has 0 saturated heterocycles. The molecule has 0 unspecified atom stereocenters. The molecule has 0 atom stereocenters. The van der Waals surface area contributed by atoms with Gasteiger partial charge in [-0.25, -0.2) is 4.39 Å². The third-order valence-electron chi connectivity index (χ3n) is 3.49. The molecule has 25 heavy (non-hydrogen) atoms. The van der Waals surface area contributed by atoms with Crippen LogP contribution in [-0.2, 0) is 0 Å². The standard InChI is InChI=1S/C20H16FNO3/c1-24-16-10-11-18(19(21)13-16)20(23)22-14-6-5-9-17(12-14)25-15-7-3-2-4-8-15/h2-13H,1H3,(H,22,23). The summed E-state index contributed by atoms with van der Waals surface area (Å²) in [5, 5.41) is 2.66. The molecule has 0 aliphatic rings. The lowest BCUT2D eigenvalue weighted by atomic mass is 10.2. The fourth-order valence-electron chi connectivity index (χ4n) is 2.27. The second kappa shape index (κ2) is 7.49. The Hall–Kier alpha value is -3.34. The van der Waals surface area contributed by atoms with Crippen LogP contribution in [0.25, 0.3) is 0 Å². The summed E-state index contributed by atoms with van der Waals surface area (Å²) >= 11 is 0. The molecule has 0 aromatic heterocycles. The first-order chi connectivity index (χ1) is 12.2. The molecule has 0 saturated carbocycles. The van der Waals surface area contributed by atoms with Crippen LogP contribution in [0.5, 0.6) is 17.2 Å². The minimum Gasteiger partial charge on any atom is -0.497 e. The van der Waals surface area contributed by atoms with Gasteiger partial charge in [0.25, 0.3) is 5.91 Å². The molecule has 0 heterocycles. The molecule has 0 bridgehead atoms. The topological polar surface area (TPSA) is 47.6 Å². The summed E-state index contributed by atoms with van der Waals surface area (Å²) in [4.78, 5) is 12.3. The van der Waals surface area contributed by atoms with Crippen molar-refractivity contribution in [1.82, 2.24) is 0 Å². The summed E-state index contributed by atoms with van der Waals surface area (Å²) in [5.41, 5.74) is 0.448. The summed E-state index contributed by atoms with van der Waals surface area (Å²) in [6.45, 7) is 0. The maximum atomic E-state index is 14.0. The molecule has 3 aromatic carbocycles. The maximum absolute atomic E-state index is 14.0. The van der Waals surface area contributed by atoms with Gasteiger partial charge >= 0.3 is 0 Å². The Morgan fingerprint density at radius 3 is 2.36 bits per heavy atom. The van der Waals surface area contributed by atoms with Crippen molar-refractivity contribution in [2.24, 2.45) is 0 Å². The summed E-state index contributed by atoms with van der Waals surface area (Å²) in [7, 11) is 1.44. The van der Waals surface area contributed by atoms with Gasteiger partial charge in [0.1, 0.15) is 23.1 Å². The first-order valence-electron chi connectivity index (χ1n) is 7.63. The molecule has 3 rings (SSSR count). The first-order valence-corrected chi connectivity index (χ1v) is 7.63. The van der Waals surface area contributed by atoms with Crippen molar-refractivity contribution in [2.45, 2.75) is 0 Å². The zero-order valence-electron chi connectivity index (χ0n) is 13.5. The van der Waals surface area contributed by atoms with E-state index < -0.39 is 11.7 Å². The molecule has 0 aliphatic heterocycles.